The fraction of sp³-hybridized carbons (Fsp3) is 0.526. The first-order chi connectivity index (χ1) is 10.8. The monoisotopic (exact) mass is 314 g/mol. The van der Waals surface area contributed by atoms with Crippen molar-refractivity contribution in [2.24, 2.45) is 11.1 Å². The van der Waals surface area contributed by atoms with E-state index in [1.807, 2.05) is 26.0 Å². The Morgan fingerprint density at radius 2 is 1.87 bits per heavy atom. The highest BCUT2D eigenvalue weighted by Gasteiger charge is 2.27. The van der Waals surface area contributed by atoms with Crippen LogP contribution in [0.15, 0.2) is 27.4 Å². The van der Waals surface area contributed by atoms with Crippen molar-refractivity contribution < 1.29 is 4.42 Å². The smallest absolute Gasteiger partial charge is 0.200 e. The molecular formula is C19H26N2O2. The van der Waals surface area contributed by atoms with Gasteiger partial charge in [0.1, 0.15) is 5.58 Å². The van der Waals surface area contributed by atoms with Gasteiger partial charge in [-0.2, -0.15) is 0 Å². The maximum Gasteiger partial charge on any atom is 0.200 e. The van der Waals surface area contributed by atoms with Gasteiger partial charge < -0.3 is 15.1 Å². The number of fused-ring (bicyclic) bond motifs is 1. The van der Waals surface area contributed by atoms with Crippen molar-refractivity contribution in [1.29, 1.82) is 0 Å². The molecule has 4 heteroatoms. The van der Waals surface area contributed by atoms with Gasteiger partial charge in [-0.3, -0.25) is 4.79 Å². The topological polar surface area (TPSA) is 59.5 Å². The lowest BCUT2D eigenvalue weighted by Gasteiger charge is -2.37. The number of aryl methyl sites for hydroxylation is 1. The van der Waals surface area contributed by atoms with Crippen LogP contribution in [0.4, 0.5) is 5.88 Å². The minimum absolute atomic E-state index is 0.0108. The summed E-state index contributed by atoms with van der Waals surface area (Å²) in [6.45, 7) is 10.3. The molecule has 0 radical (unpaired) electrons. The van der Waals surface area contributed by atoms with E-state index >= 15 is 0 Å². The molecule has 1 fully saturated rings. The lowest BCUT2D eigenvalue weighted by molar-refractivity contribution is 0.274. The second kappa shape index (κ2) is 5.68. The molecule has 1 aliphatic heterocycles. The highest BCUT2D eigenvalue weighted by atomic mass is 16.4. The van der Waals surface area contributed by atoms with E-state index in [1.54, 1.807) is 6.07 Å². The average Bonchev–Trinajstić information content (AvgIpc) is 2.47. The van der Waals surface area contributed by atoms with Crippen molar-refractivity contribution in [1.82, 2.24) is 0 Å². The Morgan fingerprint density at radius 1 is 1.22 bits per heavy atom. The van der Waals surface area contributed by atoms with E-state index < -0.39 is 0 Å². The molecule has 0 saturated carbocycles. The fourth-order valence-electron chi connectivity index (χ4n) is 3.25. The highest BCUT2D eigenvalue weighted by Crippen LogP contribution is 2.33. The normalized spacial score (nSPS) is 19.1. The Balaban J connectivity index is 2.09. The van der Waals surface area contributed by atoms with Crippen LogP contribution in [0, 0.1) is 12.3 Å². The summed E-state index contributed by atoms with van der Waals surface area (Å²) in [7, 11) is 0. The summed E-state index contributed by atoms with van der Waals surface area (Å²) in [6, 6.07) is 5.36. The first-order valence-corrected chi connectivity index (χ1v) is 8.36. The number of anilines is 1. The van der Waals surface area contributed by atoms with Gasteiger partial charge in [0.15, 0.2) is 11.3 Å². The number of rotatable bonds is 2. The third-order valence-corrected chi connectivity index (χ3v) is 4.91. The molecule has 0 spiro atoms. The molecule has 23 heavy (non-hydrogen) atoms. The van der Waals surface area contributed by atoms with E-state index in [2.05, 4.69) is 18.7 Å². The molecule has 3 rings (SSSR count). The minimum Gasteiger partial charge on any atom is -0.440 e. The van der Waals surface area contributed by atoms with E-state index in [1.165, 1.54) is 0 Å². The van der Waals surface area contributed by atoms with Crippen LogP contribution < -0.4 is 16.1 Å². The fourth-order valence-corrected chi connectivity index (χ4v) is 3.25. The second-order valence-electron chi connectivity index (χ2n) is 7.62. The van der Waals surface area contributed by atoms with Gasteiger partial charge in [0.05, 0.1) is 5.39 Å². The van der Waals surface area contributed by atoms with E-state index in [-0.39, 0.29) is 11.5 Å². The zero-order chi connectivity index (χ0) is 16.8. The summed E-state index contributed by atoms with van der Waals surface area (Å²) in [5, 5.41) is 0.624. The standard InChI is InChI=1S/C19H26N2O2/c1-12-9-14(13(2)20)18-15(10-12)16(22)11-17(23-18)21-7-5-19(3,4)6-8-21/h9-11,13H,5-8,20H2,1-4H3. The van der Waals surface area contributed by atoms with Gasteiger partial charge in [-0.05, 0) is 43.7 Å². The van der Waals surface area contributed by atoms with Gasteiger partial charge in [-0.15, -0.1) is 0 Å². The Bertz CT molecular complexity index is 780. The first-order valence-electron chi connectivity index (χ1n) is 8.36. The van der Waals surface area contributed by atoms with Crippen LogP contribution in [0.3, 0.4) is 0 Å². The highest BCUT2D eigenvalue weighted by molar-refractivity contribution is 5.82. The van der Waals surface area contributed by atoms with Crippen LogP contribution >= 0.6 is 0 Å². The van der Waals surface area contributed by atoms with Crippen molar-refractivity contribution in [3.8, 4) is 0 Å². The Morgan fingerprint density at radius 3 is 2.48 bits per heavy atom. The largest absolute Gasteiger partial charge is 0.440 e. The van der Waals surface area contributed by atoms with Crippen molar-refractivity contribution >= 4 is 16.9 Å². The third-order valence-electron chi connectivity index (χ3n) is 4.91. The van der Waals surface area contributed by atoms with Gasteiger partial charge in [0, 0.05) is 30.8 Å². The van der Waals surface area contributed by atoms with E-state index in [9.17, 15) is 4.79 Å². The molecule has 4 nitrogen and oxygen atoms in total. The molecule has 2 aromatic rings. The average molecular weight is 314 g/mol. The molecule has 0 aliphatic carbocycles. The van der Waals surface area contributed by atoms with Crippen LogP contribution in [0.25, 0.3) is 11.0 Å². The summed E-state index contributed by atoms with van der Waals surface area (Å²) in [6.07, 6.45) is 2.20. The maximum atomic E-state index is 12.6. The molecule has 1 aliphatic rings. The SMILES string of the molecule is Cc1cc(C(C)N)c2oc(N3CCC(C)(C)CC3)cc(=O)c2c1. The predicted octanol–water partition coefficient (Wildman–Crippen LogP) is 3.75. The summed E-state index contributed by atoms with van der Waals surface area (Å²) in [5.74, 6) is 0.670. The molecule has 124 valence electrons. The predicted molar refractivity (Wildman–Crippen MR) is 95.1 cm³/mol. The van der Waals surface area contributed by atoms with Gasteiger partial charge in [0.2, 0.25) is 0 Å². The molecule has 0 amide bonds. The molecule has 0 bridgehead atoms. The number of hydrogen-bond acceptors (Lipinski definition) is 4. The zero-order valence-corrected chi connectivity index (χ0v) is 14.5. The Kier molecular flexibility index (Phi) is 3.96. The number of piperidine rings is 1. The van der Waals surface area contributed by atoms with Crippen LogP contribution in [0.5, 0.6) is 0 Å². The van der Waals surface area contributed by atoms with Gasteiger partial charge in [-0.25, -0.2) is 0 Å². The number of nitrogens with two attached hydrogens (primary N) is 1. The summed E-state index contributed by atoms with van der Waals surface area (Å²) in [5.41, 5.74) is 9.03. The van der Waals surface area contributed by atoms with E-state index in [4.69, 9.17) is 10.2 Å². The van der Waals surface area contributed by atoms with Crippen molar-refractivity contribution in [3.63, 3.8) is 0 Å². The quantitative estimate of drug-likeness (QED) is 0.917. The molecule has 1 atom stereocenters. The molecular weight excluding hydrogens is 288 g/mol. The van der Waals surface area contributed by atoms with Gasteiger partial charge in [-0.1, -0.05) is 19.9 Å². The second-order valence-corrected chi connectivity index (χ2v) is 7.62. The lowest BCUT2D eigenvalue weighted by atomic mass is 9.83. The van der Waals surface area contributed by atoms with Gasteiger partial charge in [0.25, 0.3) is 0 Å². The number of benzene rings is 1. The van der Waals surface area contributed by atoms with Crippen LogP contribution in [0.1, 0.15) is 50.8 Å². The summed E-state index contributed by atoms with van der Waals surface area (Å²) < 4.78 is 6.14. The molecule has 1 saturated heterocycles. The van der Waals surface area contributed by atoms with Crippen molar-refractivity contribution in [3.05, 3.63) is 39.5 Å². The summed E-state index contributed by atoms with van der Waals surface area (Å²) >= 11 is 0. The van der Waals surface area contributed by atoms with Gasteiger partial charge >= 0.3 is 0 Å². The molecule has 1 aromatic heterocycles. The number of hydrogen-bond donors (Lipinski definition) is 1. The van der Waals surface area contributed by atoms with E-state index in [0.29, 0.717) is 22.3 Å². The van der Waals surface area contributed by atoms with Crippen LogP contribution in [-0.2, 0) is 0 Å². The van der Waals surface area contributed by atoms with Crippen LogP contribution in [-0.4, -0.2) is 13.1 Å². The maximum absolute atomic E-state index is 12.6. The summed E-state index contributed by atoms with van der Waals surface area (Å²) in [4.78, 5) is 14.7. The zero-order valence-electron chi connectivity index (χ0n) is 14.5. The third kappa shape index (κ3) is 3.13. The van der Waals surface area contributed by atoms with Crippen molar-refractivity contribution in [2.75, 3.05) is 18.0 Å². The molecule has 1 unspecified atom stereocenters. The minimum atomic E-state index is -0.170. The molecule has 2 heterocycles. The number of nitrogens with zero attached hydrogens (tertiary/aromatic N) is 1. The van der Waals surface area contributed by atoms with E-state index in [0.717, 1.165) is 37.1 Å². The molecule has 1 aromatic carbocycles. The molecule has 2 N–H and O–H groups in total. The van der Waals surface area contributed by atoms with Crippen LogP contribution in [0.2, 0.25) is 0 Å². The van der Waals surface area contributed by atoms with Crippen molar-refractivity contribution in [2.45, 2.75) is 46.6 Å². The lowest BCUT2D eigenvalue weighted by Crippen LogP contribution is -2.37. The first kappa shape index (κ1) is 16.1. The Hall–Kier alpha value is -1.81. The Labute approximate surface area is 137 Å².